The van der Waals surface area contributed by atoms with Gasteiger partial charge >= 0.3 is 5.97 Å². The summed E-state index contributed by atoms with van der Waals surface area (Å²) >= 11 is 0. The Morgan fingerprint density at radius 2 is 1.71 bits per heavy atom. The highest BCUT2D eigenvalue weighted by molar-refractivity contribution is 5.94. The van der Waals surface area contributed by atoms with Crippen molar-refractivity contribution in [3.05, 3.63) is 76.9 Å². The summed E-state index contributed by atoms with van der Waals surface area (Å²) in [5, 5.41) is 21.8. The summed E-state index contributed by atoms with van der Waals surface area (Å²) in [5.41, 5.74) is 3.84. The third-order valence-electron chi connectivity index (χ3n) is 7.29. The highest BCUT2D eigenvalue weighted by Gasteiger charge is 2.27. The minimum absolute atomic E-state index is 0.156. The predicted molar refractivity (Wildman–Crippen MR) is 144 cm³/mol. The molecule has 3 aromatic rings. The molecule has 2 unspecified atom stereocenters. The smallest absolute Gasteiger partial charge is 0.335 e. The molecule has 0 aliphatic carbocycles. The number of carboxylic acids is 1. The van der Waals surface area contributed by atoms with Crippen LogP contribution in [0.3, 0.4) is 0 Å². The fourth-order valence-corrected chi connectivity index (χ4v) is 4.82. The Labute approximate surface area is 210 Å². The monoisotopic (exact) mass is 476 g/mol. The first-order valence-corrected chi connectivity index (χ1v) is 12.8. The summed E-state index contributed by atoms with van der Waals surface area (Å²) in [7, 11) is 0. The van der Waals surface area contributed by atoms with E-state index in [4.69, 9.17) is 4.74 Å². The number of hydrogen-bond acceptors (Lipinski definition) is 3. The van der Waals surface area contributed by atoms with Gasteiger partial charge in [0.2, 0.25) is 0 Å². The van der Waals surface area contributed by atoms with Gasteiger partial charge in [0.25, 0.3) is 0 Å². The molecular weight excluding hydrogens is 436 g/mol. The Hall–Kier alpha value is -2.85. The third-order valence-corrected chi connectivity index (χ3v) is 7.29. The van der Waals surface area contributed by atoms with E-state index in [9.17, 15) is 15.0 Å². The number of ether oxygens (including phenoxy) is 1. The van der Waals surface area contributed by atoms with Gasteiger partial charge in [-0.25, -0.2) is 4.79 Å². The SMILES string of the molecule is CCCC(C)(C)C(O)COc1ccc(C(CC)CCc2ccc3cc(C(=O)O)ccc3c2)cc1C. The maximum absolute atomic E-state index is 11.2. The molecule has 3 rings (SSSR count). The van der Waals surface area contributed by atoms with Gasteiger partial charge in [0.15, 0.2) is 0 Å². The standard InChI is InChI=1S/C31H40O4/c1-6-16-31(4,5)29(32)20-35-28-15-14-24(17-21(28)3)23(7-2)10-8-22-9-11-26-19-27(30(33)34)13-12-25(26)18-22/h9,11-15,17-19,23,29,32H,6-8,10,16,20H2,1-5H3,(H,33,34). The van der Waals surface area contributed by atoms with E-state index in [1.165, 1.54) is 11.1 Å². The van der Waals surface area contributed by atoms with Gasteiger partial charge in [-0.3, -0.25) is 0 Å². The molecule has 188 valence electrons. The summed E-state index contributed by atoms with van der Waals surface area (Å²) in [5.74, 6) is 0.386. The number of aliphatic hydroxyl groups is 1. The van der Waals surface area contributed by atoms with E-state index in [1.54, 1.807) is 12.1 Å². The van der Waals surface area contributed by atoms with Crippen LogP contribution in [0.15, 0.2) is 54.6 Å². The second-order valence-corrected chi connectivity index (χ2v) is 10.4. The lowest BCUT2D eigenvalue weighted by atomic mass is 9.82. The van der Waals surface area contributed by atoms with Gasteiger partial charge in [0.05, 0.1) is 11.7 Å². The molecule has 3 aromatic carbocycles. The Kier molecular flexibility index (Phi) is 8.96. The van der Waals surface area contributed by atoms with Gasteiger partial charge in [0.1, 0.15) is 12.4 Å². The summed E-state index contributed by atoms with van der Waals surface area (Å²) in [4.78, 5) is 11.2. The van der Waals surface area contributed by atoms with Gasteiger partial charge in [0, 0.05) is 0 Å². The zero-order valence-electron chi connectivity index (χ0n) is 21.8. The van der Waals surface area contributed by atoms with Gasteiger partial charge < -0.3 is 14.9 Å². The van der Waals surface area contributed by atoms with E-state index < -0.39 is 12.1 Å². The minimum Gasteiger partial charge on any atom is -0.491 e. The number of aliphatic hydroxyl groups excluding tert-OH is 1. The number of benzene rings is 3. The lowest BCUT2D eigenvalue weighted by Gasteiger charge is -2.30. The lowest BCUT2D eigenvalue weighted by molar-refractivity contribution is 0.00650. The fraction of sp³-hybridized carbons (Fsp3) is 0.452. The number of carbonyl (C=O) groups is 1. The predicted octanol–water partition coefficient (Wildman–Crippen LogP) is 7.54. The van der Waals surface area contributed by atoms with Crippen LogP contribution in [-0.2, 0) is 6.42 Å². The van der Waals surface area contributed by atoms with Crippen molar-refractivity contribution in [3.63, 3.8) is 0 Å². The molecule has 0 saturated heterocycles. The first kappa shape index (κ1) is 26.7. The van der Waals surface area contributed by atoms with Crippen molar-refractivity contribution in [1.82, 2.24) is 0 Å². The van der Waals surface area contributed by atoms with Crippen molar-refractivity contribution in [2.24, 2.45) is 5.41 Å². The molecule has 0 aliphatic heterocycles. The average molecular weight is 477 g/mol. The number of aromatic carboxylic acids is 1. The molecule has 0 heterocycles. The highest BCUT2D eigenvalue weighted by Crippen LogP contribution is 2.31. The molecule has 4 heteroatoms. The maximum Gasteiger partial charge on any atom is 0.335 e. The Bertz CT molecular complexity index is 1150. The Balaban J connectivity index is 1.64. The zero-order chi connectivity index (χ0) is 25.6. The van der Waals surface area contributed by atoms with E-state index in [0.717, 1.165) is 54.2 Å². The number of fused-ring (bicyclic) bond motifs is 1. The lowest BCUT2D eigenvalue weighted by Crippen LogP contribution is -2.34. The molecule has 0 aliphatic rings. The van der Waals surface area contributed by atoms with Crippen molar-refractivity contribution in [1.29, 1.82) is 0 Å². The summed E-state index contributed by atoms with van der Waals surface area (Å²) in [6.45, 7) is 10.9. The average Bonchev–Trinajstić information content (AvgIpc) is 2.83. The number of hydrogen-bond donors (Lipinski definition) is 2. The molecule has 2 N–H and O–H groups in total. The largest absolute Gasteiger partial charge is 0.491 e. The van der Waals surface area contributed by atoms with E-state index in [-0.39, 0.29) is 5.41 Å². The first-order chi connectivity index (χ1) is 16.6. The third kappa shape index (κ3) is 6.85. The van der Waals surface area contributed by atoms with Crippen molar-refractivity contribution in [2.75, 3.05) is 6.61 Å². The summed E-state index contributed by atoms with van der Waals surface area (Å²) < 4.78 is 6.01. The van der Waals surface area contributed by atoms with Crippen molar-refractivity contribution < 1.29 is 19.7 Å². The molecule has 0 aromatic heterocycles. The van der Waals surface area contributed by atoms with Crippen LogP contribution in [0.4, 0.5) is 0 Å². The number of aryl methyl sites for hydroxylation is 2. The van der Waals surface area contributed by atoms with E-state index in [0.29, 0.717) is 18.1 Å². The van der Waals surface area contributed by atoms with Crippen molar-refractivity contribution >= 4 is 16.7 Å². The van der Waals surface area contributed by atoms with E-state index in [1.807, 2.05) is 18.2 Å². The molecule has 35 heavy (non-hydrogen) atoms. The van der Waals surface area contributed by atoms with Crippen LogP contribution in [0.2, 0.25) is 0 Å². The van der Waals surface area contributed by atoms with Crippen LogP contribution in [0.1, 0.15) is 86.3 Å². The van der Waals surface area contributed by atoms with Crippen LogP contribution in [0.5, 0.6) is 5.75 Å². The van der Waals surface area contributed by atoms with Gasteiger partial charge in [-0.15, -0.1) is 0 Å². The van der Waals surface area contributed by atoms with Crippen LogP contribution < -0.4 is 4.74 Å². The molecular formula is C31H40O4. The van der Waals surface area contributed by atoms with Crippen LogP contribution in [0, 0.1) is 12.3 Å². The normalized spacial score (nSPS) is 13.5. The molecule has 2 atom stereocenters. The van der Waals surface area contributed by atoms with E-state index in [2.05, 4.69) is 58.9 Å². The molecule has 0 saturated carbocycles. The van der Waals surface area contributed by atoms with Gasteiger partial charge in [-0.05, 0) is 89.6 Å². The maximum atomic E-state index is 11.2. The first-order valence-electron chi connectivity index (χ1n) is 12.8. The fourth-order valence-electron chi connectivity index (χ4n) is 4.82. The van der Waals surface area contributed by atoms with Crippen molar-refractivity contribution in [3.8, 4) is 5.75 Å². The highest BCUT2D eigenvalue weighted by atomic mass is 16.5. The molecule has 0 fully saturated rings. The van der Waals surface area contributed by atoms with Crippen LogP contribution in [-0.4, -0.2) is 28.9 Å². The quantitative estimate of drug-likeness (QED) is 0.283. The Morgan fingerprint density at radius 1 is 1.00 bits per heavy atom. The van der Waals surface area contributed by atoms with E-state index >= 15 is 0 Å². The van der Waals surface area contributed by atoms with Crippen LogP contribution >= 0.6 is 0 Å². The molecule has 0 radical (unpaired) electrons. The summed E-state index contributed by atoms with van der Waals surface area (Å²) in [6, 6.07) is 18.0. The molecule has 0 spiro atoms. The zero-order valence-corrected chi connectivity index (χ0v) is 21.8. The molecule has 0 amide bonds. The van der Waals surface area contributed by atoms with Gasteiger partial charge in [-0.1, -0.05) is 70.5 Å². The summed E-state index contributed by atoms with van der Waals surface area (Å²) in [6.07, 6.45) is 4.57. The number of carboxylic acid groups (broad SMARTS) is 1. The van der Waals surface area contributed by atoms with Gasteiger partial charge in [-0.2, -0.15) is 0 Å². The molecule has 0 bridgehead atoms. The molecule has 4 nitrogen and oxygen atoms in total. The Morgan fingerprint density at radius 3 is 2.37 bits per heavy atom. The minimum atomic E-state index is -0.898. The number of rotatable bonds is 12. The van der Waals surface area contributed by atoms with Crippen molar-refractivity contribution in [2.45, 2.75) is 78.7 Å². The second kappa shape index (κ2) is 11.7. The topological polar surface area (TPSA) is 66.8 Å². The second-order valence-electron chi connectivity index (χ2n) is 10.4. The van der Waals surface area contributed by atoms with Crippen LogP contribution in [0.25, 0.3) is 10.8 Å².